The molecular formula is C10H12Br2Cl2O2. The van der Waals surface area contributed by atoms with Gasteiger partial charge in [-0.15, -0.1) is 0 Å². The fourth-order valence-electron chi connectivity index (χ4n) is 1.40. The van der Waals surface area contributed by atoms with E-state index in [2.05, 4.69) is 31.9 Å². The molecule has 0 saturated carbocycles. The van der Waals surface area contributed by atoms with Gasteiger partial charge in [-0.1, -0.05) is 55.1 Å². The van der Waals surface area contributed by atoms with Crippen LogP contribution in [0.3, 0.4) is 0 Å². The minimum absolute atomic E-state index is 0.309. The van der Waals surface area contributed by atoms with Crippen molar-refractivity contribution >= 4 is 55.1 Å². The van der Waals surface area contributed by atoms with Crippen molar-refractivity contribution in [1.29, 1.82) is 0 Å². The number of aliphatic hydroxyl groups is 1. The predicted octanol–water partition coefficient (Wildman–Crippen LogP) is 4.24. The number of rotatable bonds is 2. The van der Waals surface area contributed by atoms with Crippen LogP contribution in [-0.4, -0.2) is 20.7 Å². The molecule has 0 saturated heterocycles. The minimum atomic E-state index is -1.46. The highest BCUT2D eigenvalue weighted by Crippen LogP contribution is 2.42. The Labute approximate surface area is 122 Å². The first-order valence-corrected chi connectivity index (χ1v) is 7.28. The van der Waals surface area contributed by atoms with Gasteiger partial charge < -0.3 is 9.84 Å². The molecule has 0 amide bonds. The highest BCUT2D eigenvalue weighted by atomic mass is 79.9. The second-order valence-corrected chi connectivity index (χ2v) is 7.43. The van der Waals surface area contributed by atoms with Crippen LogP contribution in [-0.2, 0) is 4.74 Å². The second-order valence-electron chi connectivity index (χ2n) is 3.69. The fraction of sp³-hybridized carbons (Fsp3) is 0.600. The van der Waals surface area contributed by atoms with E-state index in [0.717, 1.165) is 5.57 Å². The maximum Gasteiger partial charge on any atom is 0.213 e. The molecule has 0 radical (unpaired) electrons. The van der Waals surface area contributed by atoms with Crippen molar-refractivity contribution < 1.29 is 9.84 Å². The molecule has 0 bridgehead atoms. The molecule has 0 fully saturated rings. The minimum Gasteiger partial charge on any atom is -0.360 e. The molecule has 6 heteroatoms. The van der Waals surface area contributed by atoms with Gasteiger partial charge in [-0.3, -0.25) is 0 Å². The van der Waals surface area contributed by atoms with E-state index in [1.165, 1.54) is 5.54 Å². The quantitative estimate of drug-likeness (QED) is 0.710. The fourth-order valence-corrected chi connectivity index (χ4v) is 2.72. The van der Waals surface area contributed by atoms with Crippen LogP contribution in [0.4, 0.5) is 0 Å². The van der Waals surface area contributed by atoms with Gasteiger partial charge in [0.15, 0.2) is 0 Å². The summed E-state index contributed by atoms with van der Waals surface area (Å²) < 4.78 is 5.20. The van der Waals surface area contributed by atoms with Crippen molar-refractivity contribution in [1.82, 2.24) is 0 Å². The second kappa shape index (κ2) is 5.72. The van der Waals surface area contributed by atoms with E-state index in [1.807, 2.05) is 6.92 Å². The zero-order chi connectivity index (χ0) is 12.5. The summed E-state index contributed by atoms with van der Waals surface area (Å²) in [5.74, 6) is -1.46. The molecule has 0 spiro atoms. The van der Waals surface area contributed by atoms with Crippen molar-refractivity contribution in [3.8, 4) is 0 Å². The van der Waals surface area contributed by atoms with Crippen LogP contribution >= 0.6 is 55.1 Å². The molecular weight excluding hydrogens is 383 g/mol. The molecule has 2 atom stereocenters. The number of hydrogen-bond donors (Lipinski definition) is 1. The van der Waals surface area contributed by atoms with Gasteiger partial charge in [0.05, 0.1) is 6.10 Å². The lowest BCUT2D eigenvalue weighted by molar-refractivity contribution is -0.189. The van der Waals surface area contributed by atoms with Gasteiger partial charge in [0, 0.05) is 22.6 Å². The molecule has 0 aromatic heterocycles. The summed E-state index contributed by atoms with van der Waals surface area (Å²) in [7, 11) is 0. The maximum atomic E-state index is 10.4. The lowest BCUT2D eigenvalue weighted by atomic mass is 9.99. The van der Waals surface area contributed by atoms with Crippen molar-refractivity contribution in [3.63, 3.8) is 0 Å². The molecule has 0 aromatic rings. The van der Waals surface area contributed by atoms with Crippen LogP contribution in [0, 0.1) is 0 Å². The van der Waals surface area contributed by atoms with Crippen LogP contribution in [0.15, 0.2) is 21.7 Å². The van der Waals surface area contributed by atoms with E-state index in [9.17, 15) is 5.11 Å². The molecule has 16 heavy (non-hydrogen) atoms. The zero-order valence-electron chi connectivity index (χ0n) is 8.81. The van der Waals surface area contributed by atoms with Crippen LogP contribution < -0.4 is 0 Å². The average Bonchev–Trinajstić information content (AvgIpc) is 2.23. The third-order valence-corrected chi connectivity index (χ3v) is 4.63. The number of alkyl halides is 2. The number of halogens is 4. The largest absolute Gasteiger partial charge is 0.360 e. The van der Waals surface area contributed by atoms with Crippen molar-refractivity contribution in [2.75, 3.05) is 0 Å². The Morgan fingerprint density at radius 3 is 2.69 bits per heavy atom. The zero-order valence-corrected chi connectivity index (χ0v) is 13.5. The lowest BCUT2D eigenvalue weighted by Crippen LogP contribution is -2.46. The summed E-state index contributed by atoms with van der Waals surface area (Å²) >= 11 is 18.3. The van der Waals surface area contributed by atoms with E-state index in [0.29, 0.717) is 17.0 Å². The third kappa shape index (κ3) is 2.85. The Morgan fingerprint density at radius 1 is 1.69 bits per heavy atom. The molecule has 2 nitrogen and oxygen atoms in total. The molecule has 0 aromatic carbocycles. The van der Waals surface area contributed by atoms with E-state index >= 15 is 0 Å². The maximum absolute atomic E-state index is 10.4. The van der Waals surface area contributed by atoms with E-state index in [1.54, 1.807) is 6.92 Å². The molecule has 0 aliphatic carbocycles. The van der Waals surface area contributed by atoms with Crippen molar-refractivity contribution in [2.45, 2.75) is 35.9 Å². The summed E-state index contributed by atoms with van der Waals surface area (Å²) in [6.45, 7) is 3.58. The Kier molecular flexibility index (Phi) is 5.36. The first-order chi connectivity index (χ1) is 7.32. The molecule has 1 rings (SSSR count). The van der Waals surface area contributed by atoms with Gasteiger partial charge in [0.2, 0.25) is 5.79 Å². The topological polar surface area (TPSA) is 29.5 Å². The van der Waals surface area contributed by atoms with Gasteiger partial charge >= 0.3 is 0 Å². The Hall–Kier alpha value is 0.940. The summed E-state index contributed by atoms with van der Waals surface area (Å²) in [5.41, 5.74) is 2.87. The smallest absolute Gasteiger partial charge is 0.213 e. The molecule has 0 unspecified atom stereocenters. The molecule has 92 valence electrons. The van der Waals surface area contributed by atoms with Crippen molar-refractivity contribution in [2.24, 2.45) is 0 Å². The van der Waals surface area contributed by atoms with E-state index < -0.39 is 9.52 Å². The summed E-state index contributed by atoms with van der Waals surface area (Å²) in [6, 6.07) is 0. The summed E-state index contributed by atoms with van der Waals surface area (Å²) in [6.07, 6.45) is 0.216. The van der Waals surface area contributed by atoms with Gasteiger partial charge in [-0.2, -0.15) is 0 Å². The number of ether oxygens (including phenoxy) is 1. The SMILES string of the molecule is CC1=C(Cl)C[C@@H](/C(C)=C\Cl)O[C@]1(O)C(Br)Br. The monoisotopic (exact) mass is 392 g/mol. The molecule has 1 N–H and O–H groups in total. The predicted molar refractivity (Wildman–Crippen MR) is 74.2 cm³/mol. The first kappa shape index (κ1) is 15.0. The van der Waals surface area contributed by atoms with E-state index in [-0.39, 0.29) is 6.10 Å². The summed E-state index contributed by atoms with van der Waals surface area (Å²) in [4.78, 5) is 0. The van der Waals surface area contributed by atoms with Crippen molar-refractivity contribution in [3.05, 3.63) is 21.7 Å². The Balaban J connectivity index is 3.09. The highest BCUT2D eigenvalue weighted by Gasteiger charge is 2.44. The van der Waals surface area contributed by atoms with Crippen LogP contribution in [0.2, 0.25) is 0 Å². The van der Waals surface area contributed by atoms with Crippen LogP contribution in [0.5, 0.6) is 0 Å². The van der Waals surface area contributed by atoms with Gasteiger partial charge in [-0.05, 0) is 19.4 Å². The van der Waals surface area contributed by atoms with Crippen LogP contribution in [0.1, 0.15) is 20.3 Å². The normalized spacial score (nSPS) is 32.5. The van der Waals surface area contributed by atoms with Gasteiger partial charge in [-0.25, -0.2) is 0 Å². The number of hydrogen-bond acceptors (Lipinski definition) is 2. The third-order valence-electron chi connectivity index (χ3n) is 2.61. The van der Waals surface area contributed by atoms with Gasteiger partial charge in [0.1, 0.15) is 3.74 Å². The molecule has 1 aliphatic rings. The van der Waals surface area contributed by atoms with Gasteiger partial charge in [0.25, 0.3) is 0 Å². The Morgan fingerprint density at radius 2 is 2.25 bits per heavy atom. The average molecular weight is 395 g/mol. The highest BCUT2D eigenvalue weighted by molar-refractivity contribution is 9.24. The standard InChI is InChI=1S/C10H12Br2Cl2O2/c1-5(4-13)8-3-7(14)6(2)10(15,16-8)9(11)12/h4,8-9,15H,3H2,1-2H3/b5-4-/t8-,10-/m0/s1. The summed E-state index contributed by atoms with van der Waals surface area (Å²) in [5, 5.41) is 11.0. The van der Waals surface area contributed by atoms with Crippen LogP contribution in [0.25, 0.3) is 0 Å². The van der Waals surface area contributed by atoms with E-state index in [4.69, 9.17) is 27.9 Å². The lowest BCUT2D eigenvalue weighted by Gasteiger charge is -2.39. The Bertz CT molecular complexity index is 342. The molecule has 1 heterocycles. The molecule has 1 aliphatic heterocycles. The first-order valence-electron chi connectivity index (χ1n) is 4.63.